The van der Waals surface area contributed by atoms with Gasteiger partial charge in [0.25, 0.3) is 5.56 Å². The summed E-state index contributed by atoms with van der Waals surface area (Å²) in [6.45, 7) is 2.22. The molecule has 1 fully saturated rings. The number of rotatable bonds is 5. The van der Waals surface area contributed by atoms with Crippen LogP contribution < -0.4 is 25.2 Å². The quantitative estimate of drug-likeness (QED) is 0.591. The molecule has 5 rings (SSSR count). The molecule has 0 amide bonds. The molecule has 2 aliphatic rings. The lowest BCUT2D eigenvalue weighted by molar-refractivity contribution is 0.0695. The highest BCUT2D eigenvalue weighted by Gasteiger charge is 2.30. The molecular formula is C24H24ClN3O5. The lowest BCUT2D eigenvalue weighted by atomic mass is 9.99. The molecule has 0 saturated carbocycles. The number of aryl methyl sites for hydroxylation is 1. The highest BCUT2D eigenvalue weighted by atomic mass is 35.5. The van der Waals surface area contributed by atoms with Gasteiger partial charge in [0.2, 0.25) is 6.79 Å². The van der Waals surface area contributed by atoms with Crippen LogP contribution in [0, 0.1) is 0 Å². The van der Waals surface area contributed by atoms with E-state index >= 15 is 0 Å². The predicted octanol–water partition coefficient (Wildman–Crippen LogP) is 3.38. The molecule has 0 bridgehead atoms. The Hall–Kier alpha value is -3.23. The number of hydrogen-bond acceptors (Lipinski definition) is 6. The van der Waals surface area contributed by atoms with Crippen LogP contribution in [-0.2, 0) is 13.6 Å². The van der Waals surface area contributed by atoms with E-state index in [4.69, 9.17) is 21.1 Å². The zero-order chi connectivity index (χ0) is 23.1. The summed E-state index contributed by atoms with van der Waals surface area (Å²) in [5.41, 5.74) is 1.19. The maximum Gasteiger partial charge on any atom is 0.343 e. The van der Waals surface area contributed by atoms with Gasteiger partial charge in [-0.1, -0.05) is 17.7 Å². The van der Waals surface area contributed by atoms with E-state index in [9.17, 15) is 14.7 Å². The summed E-state index contributed by atoms with van der Waals surface area (Å²) in [7, 11) is 1.58. The van der Waals surface area contributed by atoms with E-state index < -0.39 is 11.5 Å². The lowest BCUT2D eigenvalue weighted by Gasteiger charge is -2.38. The van der Waals surface area contributed by atoms with Crippen LogP contribution in [0.2, 0.25) is 5.02 Å². The van der Waals surface area contributed by atoms with Gasteiger partial charge in [0.05, 0.1) is 11.2 Å². The molecule has 8 nitrogen and oxygen atoms in total. The first-order valence-electron chi connectivity index (χ1n) is 10.9. The van der Waals surface area contributed by atoms with Crippen molar-refractivity contribution in [1.29, 1.82) is 0 Å². The number of nitrogens with one attached hydrogen (secondary N) is 1. The van der Waals surface area contributed by atoms with E-state index in [-0.39, 0.29) is 18.4 Å². The summed E-state index contributed by atoms with van der Waals surface area (Å²) >= 11 is 6.34. The monoisotopic (exact) mass is 469 g/mol. The van der Waals surface area contributed by atoms with Gasteiger partial charge in [-0.2, -0.15) is 0 Å². The van der Waals surface area contributed by atoms with Gasteiger partial charge in [0.1, 0.15) is 5.56 Å². The molecule has 1 saturated heterocycles. The van der Waals surface area contributed by atoms with Crippen LogP contribution in [0.1, 0.15) is 28.8 Å². The first-order chi connectivity index (χ1) is 15.9. The number of aromatic nitrogens is 1. The molecule has 0 radical (unpaired) electrons. The summed E-state index contributed by atoms with van der Waals surface area (Å²) < 4.78 is 12.3. The summed E-state index contributed by atoms with van der Waals surface area (Å²) in [5, 5.41) is 14.6. The number of carboxylic acid groups (broad SMARTS) is 1. The second kappa shape index (κ2) is 8.61. The number of ether oxygens (including phenoxy) is 2. The number of fused-ring (bicyclic) bond motifs is 2. The van der Waals surface area contributed by atoms with Gasteiger partial charge in [-0.05, 0) is 61.8 Å². The molecule has 2 aliphatic heterocycles. The number of nitrogens with zero attached hydrogens (tertiary/aromatic N) is 2. The molecule has 3 heterocycles. The number of carboxylic acids is 1. The molecule has 0 unspecified atom stereocenters. The number of halogens is 1. The van der Waals surface area contributed by atoms with Crippen LogP contribution in [0.3, 0.4) is 0 Å². The minimum Gasteiger partial charge on any atom is -0.477 e. The highest BCUT2D eigenvalue weighted by molar-refractivity contribution is 6.31. The first-order valence-corrected chi connectivity index (χ1v) is 11.2. The predicted molar refractivity (Wildman–Crippen MR) is 126 cm³/mol. The Morgan fingerprint density at radius 1 is 1.18 bits per heavy atom. The summed E-state index contributed by atoms with van der Waals surface area (Å²) in [5.74, 6) is 0.0920. The number of carbonyl (C=O) groups is 1. The Morgan fingerprint density at radius 2 is 1.94 bits per heavy atom. The molecular weight excluding hydrogens is 446 g/mol. The zero-order valence-electron chi connectivity index (χ0n) is 18.1. The minimum atomic E-state index is -1.25. The standard InChI is InChI=1S/C24H24ClN3O5/c1-27-18-4-3-15(25)11-17(18)22(21(23(27)29)24(30)31)28(16-6-8-26-9-7-16)12-14-2-5-19-20(10-14)33-13-32-19/h2-5,10-11,16,26H,6-9,12-13H2,1H3,(H,30,31). The van der Waals surface area contributed by atoms with Crippen molar-refractivity contribution in [3.8, 4) is 11.5 Å². The Bertz CT molecular complexity index is 1300. The second-order valence-electron chi connectivity index (χ2n) is 8.35. The maximum absolute atomic E-state index is 13.2. The van der Waals surface area contributed by atoms with E-state index in [1.165, 1.54) is 4.57 Å². The second-order valence-corrected chi connectivity index (χ2v) is 8.79. The normalized spacial score (nSPS) is 15.7. The van der Waals surface area contributed by atoms with Crippen molar-refractivity contribution in [1.82, 2.24) is 9.88 Å². The van der Waals surface area contributed by atoms with Crippen molar-refractivity contribution < 1.29 is 19.4 Å². The molecule has 2 aromatic carbocycles. The van der Waals surface area contributed by atoms with Gasteiger partial charge in [0.15, 0.2) is 11.5 Å². The van der Waals surface area contributed by atoms with Gasteiger partial charge in [-0.3, -0.25) is 4.79 Å². The van der Waals surface area contributed by atoms with E-state index in [1.54, 1.807) is 25.2 Å². The van der Waals surface area contributed by atoms with Crippen LogP contribution >= 0.6 is 11.6 Å². The zero-order valence-corrected chi connectivity index (χ0v) is 18.9. The van der Waals surface area contributed by atoms with E-state index in [0.717, 1.165) is 31.5 Å². The van der Waals surface area contributed by atoms with E-state index in [1.807, 2.05) is 18.2 Å². The Labute approximate surface area is 195 Å². The lowest BCUT2D eigenvalue weighted by Crippen LogP contribution is -2.44. The third-order valence-corrected chi connectivity index (χ3v) is 6.61. The van der Waals surface area contributed by atoms with Gasteiger partial charge in [0, 0.05) is 30.0 Å². The summed E-state index contributed by atoms with van der Waals surface area (Å²) in [4.78, 5) is 27.6. The smallest absolute Gasteiger partial charge is 0.343 e. The van der Waals surface area contributed by atoms with Crippen molar-refractivity contribution in [2.75, 3.05) is 24.8 Å². The number of pyridine rings is 1. The molecule has 33 heavy (non-hydrogen) atoms. The Balaban J connectivity index is 1.73. The number of benzene rings is 2. The van der Waals surface area contributed by atoms with Crippen LogP contribution in [0.5, 0.6) is 11.5 Å². The minimum absolute atomic E-state index is 0.0454. The number of piperidine rings is 1. The fraction of sp³-hybridized carbons (Fsp3) is 0.333. The summed E-state index contributed by atoms with van der Waals surface area (Å²) in [6.07, 6.45) is 1.64. The Kier molecular flexibility index (Phi) is 5.64. The summed E-state index contributed by atoms with van der Waals surface area (Å²) in [6, 6.07) is 11.0. The average molecular weight is 470 g/mol. The topological polar surface area (TPSA) is 93.0 Å². The van der Waals surface area contributed by atoms with Gasteiger partial charge < -0.3 is 29.4 Å². The average Bonchev–Trinajstić information content (AvgIpc) is 3.28. The molecule has 0 aliphatic carbocycles. The van der Waals surface area contributed by atoms with Crippen LogP contribution in [0.25, 0.3) is 10.9 Å². The Morgan fingerprint density at radius 3 is 2.70 bits per heavy atom. The van der Waals surface area contributed by atoms with Crippen LogP contribution in [0.15, 0.2) is 41.2 Å². The number of aromatic carboxylic acids is 1. The first kappa shape index (κ1) is 21.6. The van der Waals surface area contributed by atoms with Gasteiger partial charge >= 0.3 is 5.97 Å². The molecule has 0 spiro atoms. The maximum atomic E-state index is 13.2. The van der Waals surface area contributed by atoms with Crippen molar-refractivity contribution in [3.63, 3.8) is 0 Å². The third-order valence-electron chi connectivity index (χ3n) is 6.37. The molecule has 1 aromatic heterocycles. The van der Waals surface area contributed by atoms with Crippen LogP contribution in [0.4, 0.5) is 5.69 Å². The van der Waals surface area contributed by atoms with Crippen molar-refractivity contribution in [2.24, 2.45) is 7.05 Å². The third kappa shape index (κ3) is 3.89. The van der Waals surface area contributed by atoms with Gasteiger partial charge in [-0.25, -0.2) is 4.79 Å². The van der Waals surface area contributed by atoms with Gasteiger partial charge in [-0.15, -0.1) is 0 Å². The molecule has 9 heteroatoms. The largest absolute Gasteiger partial charge is 0.477 e. The highest BCUT2D eigenvalue weighted by Crippen LogP contribution is 2.37. The SMILES string of the molecule is Cn1c(=O)c(C(=O)O)c(N(Cc2ccc3c(c2)OCO3)C2CCNCC2)c2cc(Cl)ccc21. The van der Waals surface area contributed by atoms with Crippen LogP contribution in [-0.4, -0.2) is 41.6 Å². The molecule has 2 N–H and O–H groups in total. The molecule has 0 atom stereocenters. The molecule has 3 aromatic rings. The van der Waals surface area contributed by atoms with Crippen molar-refractivity contribution in [3.05, 3.63) is 62.9 Å². The van der Waals surface area contributed by atoms with Crippen molar-refractivity contribution >= 4 is 34.2 Å². The van der Waals surface area contributed by atoms with Crippen molar-refractivity contribution in [2.45, 2.75) is 25.4 Å². The number of hydrogen-bond donors (Lipinski definition) is 2. The molecule has 172 valence electrons. The fourth-order valence-corrected chi connectivity index (χ4v) is 4.91. The van der Waals surface area contributed by atoms with E-state index in [2.05, 4.69) is 10.2 Å². The fourth-order valence-electron chi connectivity index (χ4n) is 4.74. The number of anilines is 1. The van der Waals surface area contributed by atoms with E-state index in [0.29, 0.717) is 39.7 Å².